The largest absolute Gasteiger partial charge is 0.497 e. The Bertz CT molecular complexity index is 986. The van der Waals surface area contributed by atoms with Crippen LogP contribution < -0.4 is 15.4 Å². The summed E-state index contributed by atoms with van der Waals surface area (Å²) in [6.45, 7) is 5.47. The van der Waals surface area contributed by atoms with Crippen molar-refractivity contribution in [2.45, 2.75) is 20.4 Å². The van der Waals surface area contributed by atoms with Gasteiger partial charge in [0, 0.05) is 42.8 Å². The average Bonchev–Trinajstić information content (AvgIpc) is 3.07. The Morgan fingerprint density at radius 2 is 2.00 bits per heavy atom. The molecule has 0 aliphatic heterocycles. The number of aromatic nitrogens is 1. The lowest BCUT2D eigenvalue weighted by molar-refractivity contribution is -0.109. The van der Waals surface area contributed by atoms with E-state index in [1.165, 1.54) is 0 Å². The summed E-state index contributed by atoms with van der Waals surface area (Å²) < 4.78 is 7.51. The van der Waals surface area contributed by atoms with Crippen molar-refractivity contribution in [3.05, 3.63) is 48.0 Å². The summed E-state index contributed by atoms with van der Waals surface area (Å²) in [7, 11) is 3.55. The van der Waals surface area contributed by atoms with E-state index in [1.807, 2.05) is 50.4 Å². The SMILES string of the molecule is CCNC=O.CCn1c(-c2cccc(NC)c2)c(C#N)c2ccc(OC)cc21. The van der Waals surface area contributed by atoms with Crippen LogP contribution in [0.3, 0.4) is 0 Å². The molecule has 0 fully saturated rings. The van der Waals surface area contributed by atoms with Gasteiger partial charge in [0.15, 0.2) is 0 Å². The number of rotatable bonds is 6. The number of methoxy groups -OCH3 is 1. The minimum atomic E-state index is 0.681. The minimum Gasteiger partial charge on any atom is -0.497 e. The van der Waals surface area contributed by atoms with E-state index in [0.717, 1.165) is 46.7 Å². The number of nitriles is 1. The monoisotopic (exact) mass is 378 g/mol. The molecule has 0 saturated heterocycles. The summed E-state index contributed by atoms with van der Waals surface area (Å²) in [5.74, 6) is 0.796. The zero-order valence-corrected chi connectivity index (χ0v) is 16.7. The summed E-state index contributed by atoms with van der Waals surface area (Å²) in [5.41, 5.74) is 4.74. The average molecular weight is 378 g/mol. The van der Waals surface area contributed by atoms with Crippen molar-refractivity contribution < 1.29 is 9.53 Å². The molecular weight excluding hydrogens is 352 g/mol. The van der Waals surface area contributed by atoms with Crippen LogP contribution in [0, 0.1) is 11.3 Å². The number of nitrogens with zero attached hydrogens (tertiary/aromatic N) is 2. The van der Waals surface area contributed by atoms with Crippen LogP contribution in [0.2, 0.25) is 0 Å². The highest BCUT2D eigenvalue weighted by Crippen LogP contribution is 2.35. The number of carbonyl (C=O) groups is 1. The molecule has 0 atom stereocenters. The standard InChI is InChI=1S/C19H19N3O.C3H7NO/c1-4-22-18-11-15(23-3)8-9-16(18)17(12-20)19(22)13-6-5-7-14(10-13)21-2;1-2-4-3-5/h5-11,21H,4H2,1-3H3;3H,2H2,1H3,(H,4,5). The van der Waals surface area contributed by atoms with Crippen molar-refractivity contribution >= 4 is 23.0 Å². The highest BCUT2D eigenvalue weighted by atomic mass is 16.5. The fourth-order valence-electron chi connectivity index (χ4n) is 3.10. The molecule has 28 heavy (non-hydrogen) atoms. The normalized spacial score (nSPS) is 9.82. The summed E-state index contributed by atoms with van der Waals surface area (Å²) in [6, 6.07) is 16.4. The second-order valence-corrected chi connectivity index (χ2v) is 5.97. The van der Waals surface area contributed by atoms with E-state index in [0.29, 0.717) is 12.0 Å². The van der Waals surface area contributed by atoms with Crippen LogP contribution >= 0.6 is 0 Å². The molecule has 0 aliphatic carbocycles. The molecule has 1 aromatic heterocycles. The van der Waals surface area contributed by atoms with E-state index in [-0.39, 0.29) is 0 Å². The van der Waals surface area contributed by atoms with Gasteiger partial charge in [-0.15, -0.1) is 0 Å². The Hall–Kier alpha value is -3.46. The summed E-state index contributed by atoms with van der Waals surface area (Å²) in [6.07, 6.45) is 0.681. The topological polar surface area (TPSA) is 79.1 Å². The summed E-state index contributed by atoms with van der Waals surface area (Å²) >= 11 is 0. The first-order valence-corrected chi connectivity index (χ1v) is 9.20. The van der Waals surface area contributed by atoms with E-state index in [9.17, 15) is 10.1 Å². The van der Waals surface area contributed by atoms with E-state index in [1.54, 1.807) is 7.11 Å². The van der Waals surface area contributed by atoms with Crippen LogP contribution in [0.1, 0.15) is 19.4 Å². The Morgan fingerprint density at radius 3 is 2.54 bits per heavy atom. The van der Waals surface area contributed by atoms with E-state index >= 15 is 0 Å². The quantitative estimate of drug-likeness (QED) is 0.636. The fourth-order valence-corrected chi connectivity index (χ4v) is 3.10. The van der Waals surface area contributed by atoms with Crippen LogP contribution in [0.5, 0.6) is 5.75 Å². The Labute approximate surface area is 165 Å². The second-order valence-electron chi connectivity index (χ2n) is 5.97. The van der Waals surface area contributed by atoms with Crippen LogP contribution in [0.25, 0.3) is 22.2 Å². The molecule has 0 radical (unpaired) electrons. The van der Waals surface area contributed by atoms with Crippen molar-refractivity contribution in [3.8, 4) is 23.1 Å². The van der Waals surface area contributed by atoms with Crippen molar-refractivity contribution in [3.63, 3.8) is 0 Å². The minimum absolute atomic E-state index is 0.681. The molecule has 0 saturated carbocycles. The second kappa shape index (κ2) is 10.0. The molecule has 146 valence electrons. The maximum atomic E-state index is 9.73. The number of aryl methyl sites for hydroxylation is 1. The predicted octanol–water partition coefficient (Wildman–Crippen LogP) is 4.00. The van der Waals surface area contributed by atoms with Crippen LogP contribution in [0.4, 0.5) is 5.69 Å². The maximum absolute atomic E-state index is 9.73. The molecular formula is C22H26N4O2. The first-order valence-electron chi connectivity index (χ1n) is 9.20. The zero-order valence-electron chi connectivity index (χ0n) is 16.7. The number of fused-ring (bicyclic) bond motifs is 1. The van der Waals surface area contributed by atoms with Gasteiger partial charge in [-0.1, -0.05) is 12.1 Å². The smallest absolute Gasteiger partial charge is 0.207 e. The van der Waals surface area contributed by atoms with Crippen molar-refractivity contribution in [1.82, 2.24) is 9.88 Å². The highest BCUT2D eigenvalue weighted by Gasteiger charge is 2.18. The molecule has 0 bridgehead atoms. The van der Waals surface area contributed by atoms with Gasteiger partial charge in [-0.2, -0.15) is 5.26 Å². The lowest BCUT2D eigenvalue weighted by atomic mass is 10.1. The van der Waals surface area contributed by atoms with Gasteiger partial charge in [-0.05, 0) is 38.1 Å². The van der Waals surface area contributed by atoms with Crippen LogP contribution in [-0.2, 0) is 11.3 Å². The van der Waals surface area contributed by atoms with Gasteiger partial charge in [-0.3, -0.25) is 4.79 Å². The van der Waals surface area contributed by atoms with Gasteiger partial charge in [0.1, 0.15) is 11.8 Å². The Kier molecular flexibility index (Phi) is 7.46. The Balaban J connectivity index is 0.000000500. The van der Waals surface area contributed by atoms with Crippen molar-refractivity contribution in [2.24, 2.45) is 0 Å². The van der Waals surface area contributed by atoms with E-state index in [2.05, 4.69) is 34.3 Å². The van der Waals surface area contributed by atoms with Gasteiger partial charge < -0.3 is 19.9 Å². The number of hydrogen-bond donors (Lipinski definition) is 2. The van der Waals surface area contributed by atoms with Crippen LogP contribution in [-0.4, -0.2) is 31.7 Å². The lowest BCUT2D eigenvalue weighted by Crippen LogP contribution is -2.07. The van der Waals surface area contributed by atoms with E-state index < -0.39 is 0 Å². The fraction of sp³-hybridized carbons (Fsp3) is 0.273. The third kappa shape index (κ3) is 4.26. The van der Waals surface area contributed by atoms with Gasteiger partial charge in [0.05, 0.1) is 23.9 Å². The number of amides is 1. The van der Waals surface area contributed by atoms with Gasteiger partial charge >= 0.3 is 0 Å². The number of ether oxygens (including phenoxy) is 1. The number of hydrogen-bond acceptors (Lipinski definition) is 4. The van der Waals surface area contributed by atoms with Crippen molar-refractivity contribution in [1.29, 1.82) is 5.26 Å². The van der Waals surface area contributed by atoms with Gasteiger partial charge in [0.25, 0.3) is 0 Å². The zero-order chi connectivity index (χ0) is 20.5. The molecule has 1 amide bonds. The molecule has 0 unspecified atom stereocenters. The summed E-state index contributed by atoms with van der Waals surface area (Å²) in [4.78, 5) is 9.29. The van der Waals surface area contributed by atoms with E-state index in [4.69, 9.17) is 4.74 Å². The predicted molar refractivity (Wildman–Crippen MR) is 114 cm³/mol. The number of benzene rings is 2. The maximum Gasteiger partial charge on any atom is 0.207 e. The first-order chi connectivity index (χ1) is 13.6. The number of nitrogens with one attached hydrogen (secondary N) is 2. The van der Waals surface area contributed by atoms with Crippen LogP contribution in [0.15, 0.2) is 42.5 Å². The van der Waals surface area contributed by atoms with Gasteiger partial charge in [-0.25, -0.2) is 0 Å². The molecule has 2 N–H and O–H groups in total. The molecule has 3 aromatic rings. The molecule has 0 spiro atoms. The third-order valence-corrected chi connectivity index (χ3v) is 4.41. The first kappa shape index (κ1) is 20.8. The molecule has 6 heteroatoms. The molecule has 0 aliphatic rings. The number of carbonyl (C=O) groups excluding carboxylic acids is 1. The number of anilines is 1. The highest BCUT2D eigenvalue weighted by molar-refractivity contribution is 5.95. The molecule has 2 aromatic carbocycles. The molecule has 1 heterocycles. The molecule has 3 rings (SSSR count). The van der Waals surface area contributed by atoms with Gasteiger partial charge in [0.2, 0.25) is 6.41 Å². The third-order valence-electron chi connectivity index (χ3n) is 4.41. The molecule has 6 nitrogen and oxygen atoms in total. The summed E-state index contributed by atoms with van der Waals surface area (Å²) in [5, 5.41) is 16.3. The Morgan fingerprint density at radius 1 is 1.21 bits per heavy atom. The lowest BCUT2D eigenvalue weighted by Gasteiger charge is -2.10. The van der Waals surface area contributed by atoms with Crippen molar-refractivity contribution in [2.75, 3.05) is 26.0 Å².